The predicted octanol–water partition coefficient (Wildman–Crippen LogP) is 4.66. The Morgan fingerprint density at radius 1 is 1.11 bits per heavy atom. The normalized spacial score (nSPS) is 14.3. The summed E-state index contributed by atoms with van der Waals surface area (Å²) in [4.78, 5) is 31.9. The highest BCUT2D eigenvalue weighted by molar-refractivity contribution is 6.06. The number of anilines is 1. The minimum atomic E-state index is -0.390. The van der Waals surface area contributed by atoms with Gasteiger partial charge >= 0.3 is 0 Å². The van der Waals surface area contributed by atoms with E-state index in [2.05, 4.69) is 46.3 Å². The molecule has 2 amide bonds. The molecule has 7 nitrogen and oxygen atoms in total. The summed E-state index contributed by atoms with van der Waals surface area (Å²) >= 11 is 0. The average Bonchev–Trinajstić information content (AvgIpc) is 3.36. The van der Waals surface area contributed by atoms with Crippen molar-refractivity contribution in [3.8, 4) is 11.1 Å². The van der Waals surface area contributed by atoms with Gasteiger partial charge in [0.15, 0.2) is 0 Å². The van der Waals surface area contributed by atoms with Crippen molar-refractivity contribution in [2.75, 3.05) is 31.6 Å². The van der Waals surface area contributed by atoms with E-state index in [4.69, 9.17) is 5.21 Å². The van der Waals surface area contributed by atoms with Gasteiger partial charge in [0.05, 0.1) is 0 Å². The third-order valence-corrected chi connectivity index (χ3v) is 6.28. The number of allylic oxidation sites excluding steroid dienone is 1. The molecule has 0 atom stereocenters. The molecular formula is C28H32N4O3. The number of aromatic nitrogens is 1. The molecule has 0 aliphatic carbocycles. The van der Waals surface area contributed by atoms with Crippen LogP contribution in [0.4, 0.5) is 5.69 Å². The Hall–Kier alpha value is -3.68. The first-order valence-electron chi connectivity index (χ1n) is 12.0. The van der Waals surface area contributed by atoms with Crippen LogP contribution < -0.4 is 10.4 Å². The number of nitrogens with zero attached hydrogens (tertiary/aromatic N) is 2. The summed E-state index contributed by atoms with van der Waals surface area (Å²) in [6.45, 7) is 2.04. The number of hydroxylamine groups is 1. The van der Waals surface area contributed by atoms with Crippen molar-refractivity contribution in [3.05, 3.63) is 78.5 Å². The van der Waals surface area contributed by atoms with Crippen LogP contribution in [0.5, 0.6) is 0 Å². The van der Waals surface area contributed by atoms with Crippen LogP contribution >= 0.6 is 0 Å². The molecule has 0 radical (unpaired) electrons. The summed E-state index contributed by atoms with van der Waals surface area (Å²) in [5, 5.41) is 9.77. The van der Waals surface area contributed by atoms with E-state index in [-0.39, 0.29) is 18.2 Å². The number of likely N-dealkylation sites (N-methyl/N-ethyl adjacent to an activating group) is 1. The zero-order chi connectivity index (χ0) is 24.6. The van der Waals surface area contributed by atoms with Crippen LogP contribution in [0.3, 0.4) is 0 Å². The molecule has 2 aromatic carbocycles. The minimum Gasteiger partial charge on any atom is -0.361 e. The van der Waals surface area contributed by atoms with Crippen LogP contribution in [-0.4, -0.2) is 53.6 Å². The smallest absolute Gasteiger partial charge is 0.255 e. The fraction of sp³-hybridized carbons (Fsp3) is 0.286. The second-order valence-electron chi connectivity index (χ2n) is 8.90. The van der Waals surface area contributed by atoms with E-state index in [9.17, 15) is 9.59 Å². The maximum Gasteiger partial charge on any atom is 0.255 e. The van der Waals surface area contributed by atoms with Crippen LogP contribution in [0.15, 0.2) is 78.5 Å². The minimum absolute atomic E-state index is 0.0152. The van der Waals surface area contributed by atoms with Crippen LogP contribution in [0, 0.1) is 0 Å². The van der Waals surface area contributed by atoms with Crippen molar-refractivity contribution in [2.24, 2.45) is 0 Å². The number of H-pyrrole nitrogens is 1. The molecule has 182 valence electrons. The van der Waals surface area contributed by atoms with Crippen LogP contribution in [0.1, 0.15) is 25.7 Å². The quantitative estimate of drug-likeness (QED) is 0.183. The summed E-state index contributed by atoms with van der Waals surface area (Å²) < 4.78 is 0. The Labute approximate surface area is 205 Å². The molecule has 0 spiro atoms. The average molecular weight is 473 g/mol. The number of nitrogens with one attached hydrogen (secondary N) is 2. The number of benzene rings is 2. The van der Waals surface area contributed by atoms with Gasteiger partial charge in [-0.2, -0.15) is 0 Å². The van der Waals surface area contributed by atoms with Crippen LogP contribution in [-0.2, 0) is 9.59 Å². The van der Waals surface area contributed by atoms with Gasteiger partial charge in [0.1, 0.15) is 0 Å². The number of aromatic amines is 1. The summed E-state index contributed by atoms with van der Waals surface area (Å²) in [6, 6.07) is 16.5. The third-order valence-electron chi connectivity index (χ3n) is 6.28. The molecule has 35 heavy (non-hydrogen) atoms. The maximum atomic E-state index is 13.5. The molecule has 7 heteroatoms. The first-order chi connectivity index (χ1) is 17.0. The maximum absolute atomic E-state index is 13.5. The van der Waals surface area contributed by atoms with Crippen molar-refractivity contribution in [1.82, 2.24) is 15.4 Å². The van der Waals surface area contributed by atoms with Crippen molar-refractivity contribution in [1.29, 1.82) is 0 Å². The van der Waals surface area contributed by atoms with E-state index in [0.717, 1.165) is 40.9 Å². The number of hydrogen-bond acceptors (Lipinski definition) is 4. The van der Waals surface area contributed by atoms with Gasteiger partial charge < -0.3 is 14.8 Å². The number of unbranched alkanes of at least 4 members (excludes halogenated alkanes) is 1. The van der Waals surface area contributed by atoms with Crippen LogP contribution in [0.2, 0.25) is 0 Å². The number of carbonyl (C=O) groups is 2. The summed E-state index contributed by atoms with van der Waals surface area (Å²) in [7, 11) is 2.03. The molecule has 1 aliphatic rings. The van der Waals surface area contributed by atoms with Gasteiger partial charge in [-0.05, 0) is 67.1 Å². The van der Waals surface area contributed by atoms with Gasteiger partial charge in [0.25, 0.3) is 5.91 Å². The lowest BCUT2D eigenvalue weighted by Crippen LogP contribution is -2.37. The van der Waals surface area contributed by atoms with Gasteiger partial charge in [-0.25, -0.2) is 5.48 Å². The molecule has 1 aliphatic heterocycles. The number of hydrogen-bond donors (Lipinski definition) is 3. The molecule has 3 N–H and O–H groups in total. The van der Waals surface area contributed by atoms with Gasteiger partial charge in [-0.1, -0.05) is 42.5 Å². The lowest BCUT2D eigenvalue weighted by molar-refractivity contribution is -0.129. The zero-order valence-corrected chi connectivity index (χ0v) is 20.0. The van der Waals surface area contributed by atoms with E-state index >= 15 is 0 Å². The van der Waals surface area contributed by atoms with E-state index in [0.29, 0.717) is 25.9 Å². The van der Waals surface area contributed by atoms with Gasteiger partial charge in [-0.3, -0.25) is 14.8 Å². The summed E-state index contributed by atoms with van der Waals surface area (Å²) in [6.07, 6.45) is 10.4. The largest absolute Gasteiger partial charge is 0.361 e. The topological polar surface area (TPSA) is 88.7 Å². The predicted molar refractivity (Wildman–Crippen MR) is 139 cm³/mol. The Bertz CT molecular complexity index is 1230. The number of carbonyl (C=O) groups excluding carboxylic acids is 2. The molecule has 2 heterocycles. The SMILES string of the molecule is CN1CCC=C(C(=O)N(C/C=C/CCCC(=O)NO)c2ccc(-c3ccc4cc[nH]c4c3)cc2)C1. The second kappa shape index (κ2) is 11.6. The molecule has 0 bridgehead atoms. The van der Waals surface area contributed by atoms with Crippen molar-refractivity contribution in [2.45, 2.75) is 25.7 Å². The van der Waals surface area contributed by atoms with Gasteiger partial charge in [-0.15, -0.1) is 0 Å². The lowest BCUT2D eigenvalue weighted by Gasteiger charge is -2.28. The van der Waals surface area contributed by atoms with Crippen molar-refractivity contribution >= 4 is 28.4 Å². The molecule has 1 aromatic heterocycles. The van der Waals surface area contributed by atoms with E-state index < -0.39 is 0 Å². The highest BCUT2D eigenvalue weighted by Crippen LogP contribution is 2.27. The molecular weight excluding hydrogens is 440 g/mol. The van der Waals surface area contributed by atoms with E-state index in [1.54, 1.807) is 10.4 Å². The molecule has 4 rings (SSSR count). The fourth-order valence-electron chi connectivity index (χ4n) is 4.32. The second-order valence-corrected chi connectivity index (χ2v) is 8.90. The lowest BCUT2D eigenvalue weighted by atomic mass is 10.0. The van der Waals surface area contributed by atoms with E-state index in [1.165, 1.54) is 5.39 Å². The van der Waals surface area contributed by atoms with Crippen molar-refractivity contribution in [3.63, 3.8) is 0 Å². The highest BCUT2D eigenvalue weighted by Gasteiger charge is 2.22. The molecule has 0 saturated carbocycles. The first-order valence-corrected chi connectivity index (χ1v) is 12.0. The van der Waals surface area contributed by atoms with Crippen molar-refractivity contribution < 1.29 is 14.8 Å². The molecule has 0 unspecified atom stereocenters. The van der Waals surface area contributed by atoms with E-state index in [1.807, 2.05) is 43.6 Å². The number of amides is 2. The summed E-state index contributed by atoms with van der Waals surface area (Å²) in [5.74, 6) is -0.375. The Kier molecular flexibility index (Phi) is 8.13. The molecule has 0 saturated heterocycles. The summed E-state index contributed by atoms with van der Waals surface area (Å²) in [5.41, 5.74) is 6.61. The third kappa shape index (κ3) is 6.26. The highest BCUT2D eigenvalue weighted by atomic mass is 16.5. The van der Waals surface area contributed by atoms with Gasteiger partial charge in [0.2, 0.25) is 5.91 Å². The zero-order valence-electron chi connectivity index (χ0n) is 20.0. The molecule has 3 aromatic rings. The Morgan fingerprint density at radius 2 is 1.91 bits per heavy atom. The Balaban J connectivity index is 1.50. The number of rotatable bonds is 9. The monoisotopic (exact) mass is 472 g/mol. The van der Waals surface area contributed by atoms with Gasteiger partial charge in [0, 0.05) is 49.0 Å². The standard InChI is InChI=1S/C28H32N4O3/c1-31-17-6-7-24(20-31)28(34)32(18-5-3-2-4-8-27(33)30-35)25-13-11-21(12-14-25)23-10-9-22-15-16-29-26(22)19-23/h3,5,7,9-16,19,29,35H,2,4,6,8,17-18,20H2,1H3,(H,30,33)/b5-3+. The fourth-order valence-corrected chi connectivity index (χ4v) is 4.32. The Morgan fingerprint density at radius 3 is 2.69 bits per heavy atom. The van der Waals surface area contributed by atoms with Crippen LogP contribution in [0.25, 0.3) is 22.0 Å². The number of fused-ring (bicyclic) bond motifs is 1. The molecule has 0 fully saturated rings. The first kappa shape index (κ1) is 24.4.